The van der Waals surface area contributed by atoms with E-state index in [1.807, 2.05) is 11.8 Å². The van der Waals surface area contributed by atoms with Crippen molar-refractivity contribution in [3.63, 3.8) is 0 Å². The lowest BCUT2D eigenvalue weighted by Gasteiger charge is -2.35. The Morgan fingerprint density at radius 2 is 1.17 bits per heavy atom. The molecular formula is C24H41N5S. The van der Waals surface area contributed by atoms with E-state index in [9.17, 15) is 0 Å². The smallest absolute Gasteiger partial charge is 0.0224 e. The lowest BCUT2D eigenvalue weighted by Crippen LogP contribution is -2.53. The molecule has 2 saturated carbocycles. The van der Waals surface area contributed by atoms with Gasteiger partial charge in [-0.3, -0.25) is 0 Å². The molecule has 3 aliphatic rings. The second-order valence-corrected chi connectivity index (χ2v) is 10.5. The third-order valence-corrected chi connectivity index (χ3v) is 8.03. The van der Waals surface area contributed by atoms with Gasteiger partial charge in [0.05, 0.1) is 0 Å². The fraction of sp³-hybridized carbons (Fsp3) is 0.750. The van der Waals surface area contributed by atoms with E-state index in [0.29, 0.717) is 24.2 Å². The first-order valence-electron chi connectivity index (χ1n) is 12.2. The van der Waals surface area contributed by atoms with Gasteiger partial charge in [0.2, 0.25) is 0 Å². The first kappa shape index (κ1) is 22.6. The minimum absolute atomic E-state index is 0.577. The first-order valence-corrected chi connectivity index (χ1v) is 13.2. The molecule has 5 nitrogen and oxygen atoms in total. The zero-order chi connectivity index (χ0) is 20.6. The predicted octanol–water partition coefficient (Wildman–Crippen LogP) is 2.73. The molecule has 0 radical (unpaired) electrons. The Morgan fingerprint density at radius 3 is 1.63 bits per heavy atom. The highest BCUT2D eigenvalue weighted by molar-refractivity contribution is 7.99. The third-order valence-electron chi connectivity index (χ3n) is 7.02. The van der Waals surface area contributed by atoms with Crippen molar-refractivity contribution in [3.05, 3.63) is 29.3 Å². The van der Waals surface area contributed by atoms with Crippen molar-refractivity contribution in [1.82, 2.24) is 21.3 Å². The van der Waals surface area contributed by atoms with Crippen molar-refractivity contribution in [1.29, 1.82) is 0 Å². The number of hydrogen-bond acceptors (Lipinski definition) is 6. The van der Waals surface area contributed by atoms with Crippen LogP contribution in [0, 0.1) is 0 Å². The van der Waals surface area contributed by atoms with Crippen LogP contribution in [-0.4, -0.2) is 49.6 Å². The van der Waals surface area contributed by atoms with Crippen LogP contribution in [0.2, 0.25) is 0 Å². The minimum Gasteiger partial charge on any atom is -0.330 e. The van der Waals surface area contributed by atoms with Gasteiger partial charge in [-0.25, -0.2) is 0 Å². The highest BCUT2D eigenvalue weighted by atomic mass is 32.2. The van der Waals surface area contributed by atoms with Crippen LogP contribution in [-0.2, 0) is 13.1 Å². The van der Waals surface area contributed by atoms with Gasteiger partial charge < -0.3 is 27.0 Å². The summed E-state index contributed by atoms with van der Waals surface area (Å²) < 4.78 is 0. The molecule has 4 atom stereocenters. The predicted molar refractivity (Wildman–Crippen MR) is 128 cm³/mol. The van der Waals surface area contributed by atoms with E-state index in [2.05, 4.69) is 39.5 Å². The molecule has 0 aromatic heterocycles. The molecule has 4 rings (SSSR count). The van der Waals surface area contributed by atoms with Crippen molar-refractivity contribution in [2.45, 2.75) is 93.5 Å². The second-order valence-electron chi connectivity index (χ2n) is 9.29. The molecule has 1 heterocycles. The van der Waals surface area contributed by atoms with Crippen LogP contribution >= 0.6 is 11.8 Å². The summed E-state index contributed by atoms with van der Waals surface area (Å²) in [7, 11) is 0. The number of rotatable bonds is 3. The van der Waals surface area contributed by atoms with Gasteiger partial charge in [-0.1, -0.05) is 31.7 Å². The monoisotopic (exact) mass is 431 g/mol. The van der Waals surface area contributed by atoms with Gasteiger partial charge in [0.15, 0.2) is 0 Å². The van der Waals surface area contributed by atoms with Crippen molar-refractivity contribution >= 4 is 11.8 Å². The van der Waals surface area contributed by atoms with Gasteiger partial charge in [0, 0.05) is 67.5 Å². The van der Waals surface area contributed by atoms with Gasteiger partial charge in [-0.05, 0) is 48.9 Å². The van der Waals surface area contributed by atoms with Crippen LogP contribution in [0.4, 0.5) is 0 Å². The second kappa shape index (κ2) is 11.8. The zero-order valence-electron chi connectivity index (χ0n) is 18.4. The van der Waals surface area contributed by atoms with Crippen molar-refractivity contribution in [2.24, 2.45) is 5.73 Å². The van der Waals surface area contributed by atoms with Gasteiger partial charge >= 0.3 is 0 Å². The van der Waals surface area contributed by atoms with Crippen LogP contribution in [0.1, 0.15) is 62.5 Å². The maximum absolute atomic E-state index is 5.77. The number of fused-ring (bicyclic) bond motifs is 4. The van der Waals surface area contributed by atoms with E-state index in [4.69, 9.17) is 5.73 Å². The summed E-state index contributed by atoms with van der Waals surface area (Å²) in [5.41, 5.74) is 8.59. The number of thioether (sulfide) groups is 1. The summed E-state index contributed by atoms with van der Waals surface area (Å²) in [5.74, 6) is 0.979. The van der Waals surface area contributed by atoms with E-state index >= 15 is 0 Å². The van der Waals surface area contributed by atoms with E-state index in [0.717, 1.165) is 38.5 Å². The molecule has 168 valence electrons. The molecule has 1 aromatic carbocycles. The van der Waals surface area contributed by atoms with Crippen molar-refractivity contribution < 1.29 is 0 Å². The lowest BCUT2D eigenvalue weighted by molar-refractivity contribution is 0.266. The van der Waals surface area contributed by atoms with E-state index in [1.54, 1.807) is 0 Å². The van der Waals surface area contributed by atoms with Gasteiger partial charge in [-0.15, -0.1) is 11.8 Å². The molecule has 0 amide bonds. The van der Waals surface area contributed by atoms with Crippen molar-refractivity contribution in [3.8, 4) is 0 Å². The lowest BCUT2D eigenvalue weighted by atomic mass is 9.89. The summed E-state index contributed by atoms with van der Waals surface area (Å²) >= 11 is 1.89. The first-order chi connectivity index (χ1) is 14.8. The molecule has 6 heteroatoms. The minimum atomic E-state index is 0.577. The average molecular weight is 432 g/mol. The Kier molecular flexibility index (Phi) is 8.90. The summed E-state index contributed by atoms with van der Waals surface area (Å²) in [4.78, 5) is 1.36. The summed E-state index contributed by atoms with van der Waals surface area (Å²) in [6.07, 6.45) is 10.6. The largest absolute Gasteiger partial charge is 0.330 e. The molecule has 1 aromatic rings. The highest BCUT2D eigenvalue weighted by Crippen LogP contribution is 2.24. The van der Waals surface area contributed by atoms with Crippen LogP contribution in [0.5, 0.6) is 0 Å². The topological polar surface area (TPSA) is 74.1 Å². The average Bonchev–Trinajstić information content (AvgIpc) is 2.79. The number of hydrogen-bond donors (Lipinski definition) is 5. The molecular weight excluding hydrogens is 390 g/mol. The maximum Gasteiger partial charge on any atom is 0.0224 e. The Hall–Kier alpha value is -0.630. The fourth-order valence-electron chi connectivity index (χ4n) is 5.44. The summed E-state index contributed by atoms with van der Waals surface area (Å²) in [6, 6.07) is 9.49. The standard InChI is InChI=1S/C24H41N5S/c25-9-12-30-20-14-18-13-19(15-20)17-29-24-8-4-2-6-22(24)27-11-10-26-21-5-1-3-7-23(21)28-16-18/h13-15,21-24,26-29H,1-12,16-17,25H2/t21-,22-,23?,24?/m1/s1. The molecule has 2 bridgehead atoms. The summed E-state index contributed by atoms with van der Waals surface area (Å²) in [6.45, 7) is 4.78. The molecule has 0 spiro atoms. The SMILES string of the molecule is NCCSc1cc2cc(c1)CNC1CCCC[C@H]1NCCN[C@@H]1CCCCC1NC2. The molecule has 2 fully saturated rings. The Balaban J connectivity index is 1.52. The van der Waals surface area contributed by atoms with Crippen LogP contribution in [0.15, 0.2) is 23.1 Å². The molecule has 0 saturated heterocycles. The van der Waals surface area contributed by atoms with Crippen molar-refractivity contribution in [2.75, 3.05) is 25.4 Å². The molecule has 2 aliphatic carbocycles. The number of nitrogens with one attached hydrogen (secondary N) is 4. The molecule has 1 aliphatic heterocycles. The highest BCUT2D eigenvalue weighted by Gasteiger charge is 2.26. The Bertz CT molecular complexity index is 606. The molecule has 6 N–H and O–H groups in total. The van der Waals surface area contributed by atoms with E-state index < -0.39 is 0 Å². The molecule has 30 heavy (non-hydrogen) atoms. The fourth-order valence-corrected chi connectivity index (χ4v) is 6.27. The molecule has 2 unspecified atom stereocenters. The van der Waals surface area contributed by atoms with Crippen LogP contribution in [0.3, 0.4) is 0 Å². The van der Waals surface area contributed by atoms with Gasteiger partial charge in [0.25, 0.3) is 0 Å². The quantitative estimate of drug-likeness (QED) is 0.474. The third kappa shape index (κ3) is 6.44. The number of nitrogens with two attached hydrogens (primary N) is 1. The van der Waals surface area contributed by atoms with E-state index in [-0.39, 0.29) is 0 Å². The van der Waals surface area contributed by atoms with E-state index in [1.165, 1.54) is 67.4 Å². The normalized spacial score (nSPS) is 31.1. The van der Waals surface area contributed by atoms with Crippen LogP contribution in [0.25, 0.3) is 0 Å². The van der Waals surface area contributed by atoms with Gasteiger partial charge in [0.1, 0.15) is 0 Å². The summed E-state index contributed by atoms with van der Waals surface area (Å²) in [5, 5.41) is 15.5. The Labute approximate surface area is 187 Å². The van der Waals surface area contributed by atoms with Gasteiger partial charge in [-0.2, -0.15) is 0 Å². The maximum atomic E-state index is 5.77. The van der Waals surface area contributed by atoms with Crippen LogP contribution < -0.4 is 27.0 Å². The number of benzene rings is 1. The Morgan fingerprint density at radius 1 is 0.700 bits per heavy atom. The zero-order valence-corrected chi connectivity index (χ0v) is 19.2.